The van der Waals surface area contributed by atoms with E-state index in [0.29, 0.717) is 5.75 Å². The van der Waals surface area contributed by atoms with Crippen LogP contribution in [0.1, 0.15) is 79.7 Å². The molecule has 0 amide bonds. The van der Waals surface area contributed by atoms with Crippen molar-refractivity contribution in [2.45, 2.75) is 90.0 Å². The second kappa shape index (κ2) is 13.9. The Bertz CT molecular complexity index is 813. The second-order valence-electron chi connectivity index (χ2n) is 8.79. The van der Waals surface area contributed by atoms with E-state index in [1.165, 1.54) is 28.5 Å². The number of carbonyl (C=O) groups is 1. The van der Waals surface area contributed by atoms with Crippen molar-refractivity contribution in [1.29, 1.82) is 0 Å². The molecule has 172 valence electrons. The first-order valence-corrected chi connectivity index (χ1v) is 12.9. The van der Waals surface area contributed by atoms with Crippen LogP contribution in [-0.2, 0) is 4.79 Å². The number of rotatable bonds is 12. The Balaban J connectivity index is 2.47. The van der Waals surface area contributed by atoms with Crippen LogP contribution in [0.4, 0.5) is 0 Å². The molecule has 31 heavy (non-hydrogen) atoms. The SMILES string of the molecule is CC(=O)Oc1ccc(SC(C)(C)SC/C=C(\C)CC/C=C(\C)CCC=C(C)C)c(C)c1. The predicted molar refractivity (Wildman–Crippen MR) is 140 cm³/mol. The van der Waals surface area contributed by atoms with Crippen LogP contribution < -0.4 is 4.74 Å². The van der Waals surface area contributed by atoms with E-state index in [4.69, 9.17) is 4.74 Å². The highest BCUT2D eigenvalue weighted by atomic mass is 32.2. The Morgan fingerprint density at radius 1 is 0.968 bits per heavy atom. The molecule has 0 radical (unpaired) electrons. The molecule has 0 aromatic heterocycles. The molecule has 0 aliphatic heterocycles. The highest BCUT2D eigenvalue weighted by Gasteiger charge is 2.20. The van der Waals surface area contributed by atoms with E-state index < -0.39 is 0 Å². The van der Waals surface area contributed by atoms with E-state index in [1.807, 2.05) is 41.7 Å². The quantitative estimate of drug-likeness (QED) is 0.102. The van der Waals surface area contributed by atoms with Gasteiger partial charge in [-0.1, -0.05) is 34.9 Å². The maximum Gasteiger partial charge on any atom is 0.308 e. The van der Waals surface area contributed by atoms with Gasteiger partial charge in [0.25, 0.3) is 0 Å². The van der Waals surface area contributed by atoms with Crippen LogP contribution in [0.25, 0.3) is 0 Å². The van der Waals surface area contributed by atoms with Crippen LogP contribution in [0.5, 0.6) is 5.75 Å². The number of thioether (sulfide) groups is 2. The molecule has 1 aromatic carbocycles. The largest absolute Gasteiger partial charge is 0.427 e. The average molecular weight is 461 g/mol. The third-order valence-corrected chi connectivity index (χ3v) is 7.55. The van der Waals surface area contributed by atoms with Gasteiger partial charge in [-0.25, -0.2) is 0 Å². The first-order valence-electron chi connectivity index (χ1n) is 11.0. The smallest absolute Gasteiger partial charge is 0.308 e. The first-order chi connectivity index (χ1) is 14.5. The molecule has 0 aliphatic carbocycles. The fourth-order valence-corrected chi connectivity index (χ4v) is 5.35. The summed E-state index contributed by atoms with van der Waals surface area (Å²) in [7, 11) is 0. The summed E-state index contributed by atoms with van der Waals surface area (Å²) in [6.45, 7) is 16.8. The summed E-state index contributed by atoms with van der Waals surface area (Å²) in [5.74, 6) is 1.34. The molecule has 0 aliphatic rings. The van der Waals surface area contributed by atoms with E-state index in [1.54, 1.807) is 0 Å². The molecule has 1 rings (SSSR count). The van der Waals surface area contributed by atoms with Gasteiger partial charge in [-0.05, 0) is 97.9 Å². The predicted octanol–water partition coefficient (Wildman–Crippen LogP) is 8.90. The fourth-order valence-electron chi connectivity index (χ4n) is 2.98. The Morgan fingerprint density at radius 2 is 1.58 bits per heavy atom. The zero-order valence-corrected chi connectivity index (χ0v) is 22.3. The molecule has 0 atom stereocenters. The van der Waals surface area contributed by atoms with Gasteiger partial charge in [0.2, 0.25) is 0 Å². The molecule has 0 fully saturated rings. The van der Waals surface area contributed by atoms with Crippen LogP contribution in [-0.4, -0.2) is 15.8 Å². The molecule has 0 unspecified atom stereocenters. The molecule has 2 nitrogen and oxygen atoms in total. The molecule has 0 saturated heterocycles. The molecule has 1 aromatic rings. The maximum atomic E-state index is 11.1. The highest BCUT2D eigenvalue weighted by Crippen LogP contribution is 2.43. The Morgan fingerprint density at radius 3 is 2.16 bits per heavy atom. The zero-order valence-electron chi connectivity index (χ0n) is 20.6. The summed E-state index contributed by atoms with van der Waals surface area (Å²) in [5, 5.41) is 0. The fraction of sp³-hybridized carbons (Fsp3) is 0.519. The van der Waals surface area contributed by atoms with Crippen LogP contribution >= 0.6 is 23.5 Å². The second-order valence-corrected chi connectivity index (χ2v) is 12.4. The summed E-state index contributed by atoms with van der Waals surface area (Å²) in [6, 6.07) is 5.86. The minimum Gasteiger partial charge on any atom is -0.427 e. The number of benzene rings is 1. The van der Waals surface area contributed by atoms with Crippen molar-refractivity contribution in [1.82, 2.24) is 0 Å². The number of esters is 1. The highest BCUT2D eigenvalue weighted by molar-refractivity contribution is 8.18. The van der Waals surface area contributed by atoms with Crippen LogP contribution in [0.3, 0.4) is 0 Å². The van der Waals surface area contributed by atoms with Crippen LogP contribution in [0, 0.1) is 6.92 Å². The number of aryl methyl sites for hydroxylation is 1. The summed E-state index contributed by atoms with van der Waals surface area (Å²) in [4.78, 5) is 12.4. The van der Waals surface area contributed by atoms with E-state index in [2.05, 4.69) is 66.7 Å². The lowest BCUT2D eigenvalue weighted by atomic mass is 10.1. The van der Waals surface area contributed by atoms with Crippen molar-refractivity contribution < 1.29 is 9.53 Å². The van der Waals surface area contributed by atoms with Gasteiger partial charge in [0, 0.05) is 17.6 Å². The van der Waals surface area contributed by atoms with Gasteiger partial charge in [0.15, 0.2) is 0 Å². The lowest BCUT2D eigenvalue weighted by Crippen LogP contribution is -2.09. The van der Waals surface area contributed by atoms with Crippen molar-refractivity contribution in [3.05, 3.63) is 58.7 Å². The lowest BCUT2D eigenvalue weighted by molar-refractivity contribution is -0.131. The van der Waals surface area contributed by atoms with Crippen LogP contribution in [0.15, 0.2) is 58.0 Å². The summed E-state index contributed by atoms with van der Waals surface area (Å²) in [6.07, 6.45) is 11.6. The maximum absolute atomic E-state index is 11.1. The molecule has 0 heterocycles. The molecule has 0 saturated carbocycles. The normalized spacial score (nSPS) is 12.6. The monoisotopic (exact) mass is 460 g/mol. The minimum atomic E-state index is -0.285. The summed E-state index contributed by atoms with van der Waals surface area (Å²) < 4.78 is 5.24. The molecule has 0 N–H and O–H groups in total. The van der Waals surface area contributed by atoms with Crippen molar-refractivity contribution in [3.63, 3.8) is 0 Å². The average Bonchev–Trinajstić information content (AvgIpc) is 2.63. The molecule has 0 spiro atoms. The zero-order chi connectivity index (χ0) is 23.4. The molecule has 0 bridgehead atoms. The van der Waals surface area contributed by atoms with E-state index >= 15 is 0 Å². The molecular formula is C27H40O2S2. The Kier molecular flexibility index (Phi) is 12.4. The Labute approximate surface area is 199 Å². The third kappa shape index (κ3) is 12.9. The van der Waals surface area contributed by atoms with Crippen molar-refractivity contribution in [2.75, 3.05) is 5.75 Å². The lowest BCUT2D eigenvalue weighted by Gasteiger charge is -2.24. The van der Waals surface area contributed by atoms with Gasteiger partial charge in [-0.3, -0.25) is 4.79 Å². The number of hydrogen-bond donors (Lipinski definition) is 0. The van der Waals surface area contributed by atoms with Crippen LogP contribution in [0.2, 0.25) is 0 Å². The number of allylic oxidation sites excluding steroid dienone is 5. The molecular weight excluding hydrogens is 420 g/mol. The van der Waals surface area contributed by atoms with E-state index in [-0.39, 0.29) is 10.0 Å². The van der Waals surface area contributed by atoms with E-state index in [0.717, 1.165) is 37.0 Å². The summed E-state index contributed by atoms with van der Waals surface area (Å²) >= 11 is 3.82. The van der Waals surface area contributed by atoms with Gasteiger partial charge >= 0.3 is 5.97 Å². The number of ether oxygens (including phenoxy) is 1. The Hall–Kier alpha value is -1.39. The topological polar surface area (TPSA) is 26.3 Å². The van der Waals surface area contributed by atoms with Crippen molar-refractivity contribution in [2.24, 2.45) is 0 Å². The minimum absolute atomic E-state index is 0.0614. The molecule has 4 heteroatoms. The number of carbonyl (C=O) groups excluding carboxylic acids is 1. The van der Waals surface area contributed by atoms with E-state index in [9.17, 15) is 4.79 Å². The van der Waals surface area contributed by atoms with Gasteiger partial charge in [0.05, 0.1) is 4.08 Å². The van der Waals surface area contributed by atoms with Gasteiger partial charge in [-0.2, -0.15) is 0 Å². The third-order valence-electron chi connectivity index (χ3n) is 4.75. The van der Waals surface area contributed by atoms with Crippen molar-refractivity contribution >= 4 is 29.5 Å². The number of hydrogen-bond acceptors (Lipinski definition) is 4. The van der Waals surface area contributed by atoms with Gasteiger partial charge in [0.1, 0.15) is 5.75 Å². The first kappa shape index (κ1) is 27.6. The van der Waals surface area contributed by atoms with Gasteiger partial charge in [-0.15, -0.1) is 23.5 Å². The van der Waals surface area contributed by atoms with Gasteiger partial charge < -0.3 is 4.74 Å². The van der Waals surface area contributed by atoms with Crippen molar-refractivity contribution in [3.8, 4) is 5.75 Å². The standard InChI is InChI=1S/C27H40O2S2/c1-20(2)11-9-12-21(3)13-10-14-22(4)17-18-30-27(7,8)31-26-16-15-25(19-23(26)5)29-24(6)28/h11,13,15-17,19H,9-10,12,14,18H2,1-8H3/b21-13+,22-17+. The summed E-state index contributed by atoms with van der Waals surface area (Å²) in [5.41, 5.74) is 5.49.